The average Bonchev–Trinajstić information content (AvgIpc) is 3.39. The zero-order chi connectivity index (χ0) is 15.8. The topological polar surface area (TPSA) is 71.1 Å². The second-order valence-electron chi connectivity index (χ2n) is 6.14. The van der Waals surface area contributed by atoms with Crippen LogP contribution in [0.1, 0.15) is 42.2 Å². The third-order valence-electron chi connectivity index (χ3n) is 4.38. The van der Waals surface area contributed by atoms with Crippen molar-refractivity contribution in [3.05, 3.63) is 53.7 Å². The van der Waals surface area contributed by atoms with E-state index in [0.717, 1.165) is 11.3 Å². The van der Waals surface area contributed by atoms with Crippen molar-refractivity contribution >= 4 is 23.3 Å². The molecule has 5 nitrogen and oxygen atoms in total. The van der Waals surface area contributed by atoms with Crippen LogP contribution in [0.25, 0.3) is 0 Å². The van der Waals surface area contributed by atoms with Crippen LogP contribution in [-0.2, 0) is 9.59 Å². The van der Waals surface area contributed by atoms with Crippen molar-refractivity contribution in [3.63, 3.8) is 0 Å². The second kappa shape index (κ2) is 5.50. The minimum atomic E-state index is -0.503. The third kappa shape index (κ3) is 2.82. The fourth-order valence-electron chi connectivity index (χ4n) is 3.03. The summed E-state index contributed by atoms with van der Waals surface area (Å²) in [5.74, 6) is 0.273. The molecule has 5 heteroatoms. The molecule has 2 N–H and O–H groups in total. The van der Waals surface area contributed by atoms with E-state index in [1.54, 1.807) is 12.3 Å². The molecular weight excluding hydrogens is 290 g/mol. The lowest BCUT2D eigenvalue weighted by Gasteiger charge is -2.23. The van der Waals surface area contributed by atoms with Crippen LogP contribution < -0.4 is 10.6 Å². The van der Waals surface area contributed by atoms with Crippen molar-refractivity contribution in [1.29, 1.82) is 0 Å². The van der Waals surface area contributed by atoms with Gasteiger partial charge in [-0.25, -0.2) is 4.98 Å². The van der Waals surface area contributed by atoms with Crippen molar-refractivity contribution in [3.8, 4) is 0 Å². The molecule has 0 bridgehead atoms. The number of anilines is 2. The van der Waals surface area contributed by atoms with Crippen molar-refractivity contribution < 1.29 is 9.59 Å². The van der Waals surface area contributed by atoms with Crippen LogP contribution in [0.15, 0.2) is 42.6 Å². The maximum atomic E-state index is 12.7. The van der Waals surface area contributed by atoms with Gasteiger partial charge >= 0.3 is 0 Å². The van der Waals surface area contributed by atoms with Crippen molar-refractivity contribution in [1.82, 2.24) is 4.98 Å². The van der Waals surface area contributed by atoms with Crippen LogP contribution >= 0.6 is 0 Å². The Morgan fingerprint density at radius 3 is 2.91 bits per heavy atom. The lowest BCUT2D eigenvalue weighted by atomic mass is 9.92. The van der Waals surface area contributed by atoms with E-state index in [-0.39, 0.29) is 18.2 Å². The molecule has 2 heterocycles. The van der Waals surface area contributed by atoms with Gasteiger partial charge in [0.05, 0.1) is 5.92 Å². The summed E-state index contributed by atoms with van der Waals surface area (Å²) in [4.78, 5) is 28.6. The van der Waals surface area contributed by atoms with Crippen molar-refractivity contribution in [2.45, 2.75) is 31.1 Å². The number of rotatable bonds is 3. The Kier molecular flexibility index (Phi) is 3.33. The minimum absolute atomic E-state index is 0.146. The quantitative estimate of drug-likeness (QED) is 0.915. The lowest BCUT2D eigenvalue weighted by Crippen LogP contribution is -2.31. The smallest absolute Gasteiger partial charge is 0.232 e. The number of pyridine rings is 1. The molecule has 4 rings (SSSR count). The SMILES string of the molecule is O=C1CC(C(=O)Nc2cccc(C3CC3)c2)c2cccnc2N1. The fraction of sp³-hybridized carbons (Fsp3) is 0.278. The van der Waals surface area contributed by atoms with Crippen LogP contribution in [0, 0.1) is 0 Å². The maximum Gasteiger partial charge on any atom is 0.232 e. The number of fused-ring (bicyclic) bond motifs is 1. The zero-order valence-electron chi connectivity index (χ0n) is 12.6. The van der Waals surface area contributed by atoms with Gasteiger partial charge in [0.1, 0.15) is 5.82 Å². The molecule has 1 atom stereocenters. The highest BCUT2D eigenvalue weighted by Crippen LogP contribution is 2.40. The first kappa shape index (κ1) is 13.9. The van der Waals surface area contributed by atoms with E-state index in [9.17, 15) is 9.59 Å². The van der Waals surface area contributed by atoms with Gasteiger partial charge < -0.3 is 10.6 Å². The number of hydrogen-bond acceptors (Lipinski definition) is 3. The predicted molar refractivity (Wildman–Crippen MR) is 87.3 cm³/mol. The van der Waals surface area contributed by atoms with E-state index in [2.05, 4.69) is 21.7 Å². The van der Waals surface area contributed by atoms with Gasteiger partial charge in [-0.1, -0.05) is 18.2 Å². The number of benzene rings is 1. The second-order valence-corrected chi connectivity index (χ2v) is 6.14. The summed E-state index contributed by atoms with van der Waals surface area (Å²) < 4.78 is 0. The van der Waals surface area contributed by atoms with Crippen LogP contribution in [0.3, 0.4) is 0 Å². The molecule has 0 saturated heterocycles. The highest BCUT2D eigenvalue weighted by Gasteiger charge is 2.31. The van der Waals surface area contributed by atoms with Crippen LogP contribution in [-0.4, -0.2) is 16.8 Å². The molecule has 1 aliphatic carbocycles. The van der Waals surface area contributed by atoms with E-state index < -0.39 is 5.92 Å². The van der Waals surface area contributed by atoms with Gasteiger partial charge in [0, 0.05) is 23.9 Å². The molecular formula is C18H17N3O2. The highest BCUT2D eigenvalue weighted by atomic mass is 16.2. The summed E-state index contributed by atoms with van der Waals surface area (Å²) in [6.45, 7) is 0. The van der Waals surface area contributed by atoms with Crippen LogP contribution in [0.5, 0.6) is 0 Å². The van der Waals surface area contributed by atoms with Gasteiger partial charge in [-0.3, -0.25) is 9.59 Å². The van der Waals surface area contributed by atoms with Crippen LogP contribution in [0.2, 0.25) is 0 Å². The number of carbonyl (C=O) groups excluding carboxylic acids is 2. The van der Waals surface area contributed by atoms with Gasteiger partial charge in [-0.2, -0.15) is 0 Å². The van der Waals surface area contributed by atoms with Gasteiger partial charge in [0.2, 0.25) is 11.8 Å². The molecule has 2 aromatic rings. The van der Waals surface area contributed by atoms with E-state index in [1.807, 2.05) is 24.3 Å². The molecule has 1 aliphatic heterocycles. The predicted octanol–water partition coefficient (Wildman–Crippen LogP) is 3.02. The Balaban J connectivity index is 1.57. The van der Waals surface area contributed by atoms with Crippen molar-refractivity contribution in [2.75, 3.05) is 10.6 Å². The summed E-state index contributed by atoms with van der Waals surface area (Å²) in [5.41, 5.74) is 2.82. The first-order chi connectivity index (χ1) is 11.2. The monoisotopic (exact) mass is 307 g/mol. The van der Waals surface area contributed by atoms with Gasteiger partial charge in [-0.05, 0) is 42.5 Å². The molecule has 0 radical (unpaired) electrons. The summed E-state index contributed by atoms with van der Waals surface area (Å²) in [6, 6.07) is 11.6. The normalized spacial score (nSPS) is 19.7. The zero-order valence-corrected chi connectivity index (χ0v) is 12.6. The molecule has 0 spiro atoms. The summed E-state index contributed by atoms with van der Waals surface area (Å²) >= 11 is 0. The molecule has 116 valence electrons. The van der Waals surface area contributed by atoms with E-state index in [0.29, 0.717) is 11.7 Å². The third-order valence-corrected chi connectivity index (χ3v) is 4.38. The molecule has 23 heavy (non-hydrogen) atoms. The Labute approximate surface area is 134 Å². The van der Waals surface area contributed by atoms with Gasteiger partial charge in [-0.15, -0.1) is 0 Å². The summed E-state index contributed by atoms with van der Waals surface area (Å²) in [7, 11) is 0. The molecule has 2 amide bonds. The Morgan fingerprint density at radius 1 is 1.22 bits per heavy atom. The molecule has 2 aliphatic rings. The number of hydrogen-bond donors (Lipinski definition) is 2. The summed E-state index contributed by atoms with van der Waals surface area (Å²) in [5, 5.41) is 5.66. The number of aromatic nitrogens is 1. The maximum absolute atomic E-state index is 12.7. The molecule has 1 aromatic carbocycles. The first-order valence-electron chi connectivity index (χ1n) is 7.86. The first-order valence-corrected chi connectivity index (χ1v) is 7.86. The largest absolute Gasteiger partial charge is 0.326 e. The van der Waals surface area contributed by atoms with Gasteiger partial charge in [0.25, 0.3) is 0 Å². The summed E-state index contributed by atoms with van der Waals surface area (Å²) in [6.07, 6.45) is 4.20. The molecule has 1 aromatic heterocycles. The Hall–Kier alpha value is -2.69. The number of nitrogens with zero attached hydrogens (tertiary/aromatic N) is 1. The highest BCUT2D eigenvalue weighted by molar-refractivity contribution is 6.04. The lowest BCUT2D eigenvalue weighted by molar-refractivity contribution is -0.123. The number of amides is 2. The average molecular weight is 307 g/mol. The fourth-order valence-corrected chi connectivity index (χ4v) is 3.03. The molecule has 1 unspecified atom stereocenters. The van der Waals surface area contributed by atoms with E-state index in [1.165, 1.54) is 18.4 Å². The Bertz CT molecular complexity index is 783. The van der Waals surface area contributed by atoms with E-state index >= 15 is 0 Å². The standard InChI is InChI=1S/C18H17N3O2/c22-16-10-15(14-5-2-8-19-17(14)21-16)18(23)20-13-4-1-3-12(9-13)11-6-7-11/h1-5,8-9,11,15H,6-7,10H2,(H,20,23)(H,19,21,22). The molecule has 1 fully saturated rings. The molecule has 1 saturated carbocycles. The van der Waals surface area contributed by atoms with Crippen molar-refractivity contribution in [2.24, 2.45) is 0 Å². The Morgan fingerprint density at radius 2 is 2.09 bits per heavy atom. The number of nitrogens with one attached hydrogen (secondary N) is 2. The number of carbonyl (C=O) groups is 2. The van der Waals surface area contributed by atoms with Crippen LogP contribution in [0.4, 0.5) is 11.5 Å². The van der Waals surface area contributed by atoms with Gasteiger partial charge in [0.15, 0.2) is 0 Å². The minimum Gasteiger partial charge on any atom is -0.326 e. The van der Waals surface area contributed by atoms with E-state index in [4.69, 9.17) is 0 Å².